The van der Waals surface area contributed by atoms with Crippen LogP contribution in [0.1, 0.15) is 16.1 Å². The predicted octanol–water partition coefficient (Wildman–Crippen LogP) is -3.94. The molecular formula is C17H12N4Na2O3. The number of rotatable bonds is 4. The van der Waals surface area contributed by atoms with Crippen molar-refractivity contribution in [2.24, 2.45) is 10.2 Å². The second-order valence-electron chi connectivity index (χ2n) is 5.06. The van der Waals surface area contributed by atoms with Crippen LogP contribution in [0.25, 0.3) is 5.69 Å². The van der Waals surface area contributed by atoms with Crippen molar-refractivity contribution in [2.45, 2.75) is 6.92 Å². The number of hydrogen-bond acceptors (Lipinski definition) is 5. The number of hydrogen-bond donors (Lipinski definition) is 1. The second kappa shape index (κ2) is 10.0. The van der Waals surface area contributed by atoms with Gasteiger partial charge in [0.1, 0.15) is 5.69 Å². The number of H-pyrrole nitrogens is 1. The molecule has 0 aliphatic rings. The Morgan fingerprint density at radius 1 is 1.08 bits per heavy atom. The number of aromatic amines is 1. The summed E-state index contributed by atoms with van der Waals surface area (Å²) in [5, 5.41) is 21.5. The van der Waals surface area contributed by atoms with Crippen LogP contribution in [0.3, 0.4) is 0 Å². The minimum Gasteiger partial charge on any atom is -0.543 e. The van der Waals surface area contributed by atoms with Gasteiger partial charge in [0.05, 0.1) is 11.7 Å². The number of benzene rings is 2. The number of carboxylic acid groups (broad SMARTS) is 1. The largest absolute Gasteiger partial charge is 1.00 e. The maximum atomic E-state index is 12.4. The molecule has 1 heterocycles. The Kier molecular flexibility index (Phi) is 8.69. The molecule has 0 saturated carbocycles. The summed E-state index contributed by atoms with van der Waals surface area (Å²) in [6.07, 6.45) is 0. The van der Waals surface area contributed by atoms with E-state index in [1.54, 1.807) is 36.4 Å². The maximum absolute atomic E-state index is 12.4. The number of aromatic carboxylic acids is 1. The molecule has 3 rings (SSSR count). The number of carbonyl (C=O) groups is 1. The summed E-state index contributed by atoms with van der Waals surface area (Å²) in [6, 6.07) is 16.4. The number of carbonyl (C=O) groups excluding carboxylic acids is 1. The summed E-state index contributed by atoms with van der Waals surface area (Å²) < 4.78 is 1.07. The minimum absolute atomic E-state index is 0. The number of azo groups is 1. The number of aryl methyl sites for hydroxylation is 1. The van der Waals surface area contributed by atoms with Crippen LogP contribution in [0.4, 0.5) is 11.4 Å². The molecule has 3 aromatic rings. The molecule has 120 valence electrons. The van der Waals surface area contributed by atoms with E-state index in [1.807, 2.05) is 19.1 Å². The first-order valence-corrected chi connectivity index (χ1v) is 7.07. The third kappa shape index (κ3) is 5.03. The zero-order valence-electron chi connectivity index (χ0n) is 14.7. The number of nitrogens with one attached hydrogen (secondary N) is 1. The molecule has 0 bridgehead atoms. The number of aromatic nitrogens is 2. The van der Waals surface area contributed by atoms with Crippen molar-refractivity contribution in [1.82, 2.24) is 9.78 Å². The zero-order valence-corrected chi connectivity index (χ0v) is 18.7. The van der Waals surface area contributed by atoms with Gasteiger partial charge in [-0.25, -0.2) is 4.68 Å². The van der Waals surface area contributed by atoms with E-state index in [0.29, 0.717) is 11.4 Å². The van der Waals surface area contributed by atoms with Gasteiger partial charge in [-0.15, -0.1) is 17.2 Å². The van der Waals surface area contributed by atoms with Crippen LogP contribution in [0, 0.1) is 13.0 Å². The van der Waals surface area contributed by atoms with E-state index < -0.39 is 17.2 Å². The SMILES string of the molecule is Cc1ccc(N=Nc2c(C(=O)[O-])[nH]n(-c3cc[c-]cc3)c2=O)cc1.[Na+].[Na+]. The summed E-state index contributed by atoms with van der Waals surface area (Å²) >= 11 is 0. The van der Waals surface area contributed by atoms with Crippen LogP contribution in [0.5, 0.6) is 0 Å². The molecule has 0 unspecified atom stereocenters. The molecule has 0 amide bonds. The molecule has 26 heavy (non-hydrogen) atoms. The Morgan fingerprint density at radius 2 is 1.69 bits per heavy atom. The Bertz CT molecular complexity index is 964. The number of carboxylic acids is 1. The fourth-order valence-electron chi connectivity index (χ4n) is 2.09. The molecule has 7 nitrogen and oxygen atoms in total. The Balaban J connectivity index is 0.00000169. The van der Waals surface area contributed by atoms with E-state index in [1.165, 1.54) is 0 Å². The molecular weight excluding hydrogens is 354 g/mol. The van der Waals surface area contributed by atoms with Crippen LogP contribution >= 0.6 is 0 Å². The van der Waals surface area contributed by atoms with Crippen LogP contribution in [0.2, 0.25) is 0 Å². The van der Waals surface area contributed by atoms with Crippen LogP contribution in [0.15, 0.2) is 63.6 Å². The number of nitrogens with zero attached hydrogens (tertiary/aromatic N) is 3. The summed E-state index contributed by atoms with van der Waals surface area (Å²) in [5.74, 6) is -1.54. The predicted molar refractivity (Wildman–Crippen MR) is 84.9 cm³/mol. The van der Waals surface area contributed by atoms with Crippen LogP contribution in [-0.2, 0) is 0 Å². The smallest absolute Gasteiger partial charge is 0.543 e. The normalized spacial score (nSPS) is 10.2. The van der Waals surface area contributed by atoms with Crippen LogP contribution < -0.4 is 69.8 Å². The van der Waals surface area contributed by atoms with E-state index >= 15 is 0 Å². The summed E-state index contributed by atoms with van der Waals surface area (Å²) in [7, 11) is 0. The fraction of sp³-hybridized carbons (Fsp3) is 0.0588. The van der Waals surface area contributed by atoms with E-state index in [-0.39, 0.29) is 64.8 Å². The fourth-order valence-corrected chi connectivity index (χ4v) is 2.09. The van der Waals surface area contributed by atoms with Gasteiger partial charge in [-0.2, -0.15) is 23.3 Å². The summed E-state index contributed by atoms with van der Waals surface area (Å²) in [4.78, 5) is 23.7. The standard InChI is InChI=1S/C17H13N4O3.2Na/c1-11-7-9-12(10-8-11)18-19-14-15(17(23)24)20-21(16(14)22)13-5-3-2-4-6-13;;/h3-10,20H,1H3,(H,23,24);;/q-1;2*+1/p-1. The van der Waals surface area contributed by atoms with Gasteiger partial charge < -0.3 is 9.90 Å². The molecule has 1 N–H and O–H groups in total. The average molecular weight is 366 g/mol. The van der Waals surface area contributed by atoms with Gasteiger partial charge in [0.25, 0.3) is 5.56 Å². The van der Waals surface area contributed by atoms with Gasteiger partial charge >= 0.3 is 59.1 Å². The molecule has 0 aliphatic carbocycles. The van der Waals surface area contributed by atoms with Gasteiger partial charge in [-0.3, -0.25) is 9.89 Å². The monoisotopic (exact) mass is 366 g/mol. The Hall–Kier alpha value is -1.48. The minimum atomic E-state index is -1.54. The van der Waals surface area contributed by atoms with Crippen molar-refractivity contribution in [1.29, 1.82) is 0 Å². The Labute approximate surface area is 193 Å². The van der Waals surface area contributed by atoms with Gasteiger partial charge in [-0.1, -0.05) is 17.7 Å². The first-order valence-electron chi connectivity index (χ1n) is 7.07. The molecule has 0 atom stereocenters. The molecule has 1 aromatic heterocycles. The maximum Gasteiger partial charge on any atom is 1.00 e. The van der Waals surface area contributed by atoms with E-state index in [2.05, 4.69) is 21.4 Å². The molecule has 0 saturated heterocycles. The van der Waals surface area contributed by atoms with E-state index in [9.17, 15) is 14.7 Å². The van der Waals surface area contributed by atoms with Crippen molar-refractivity contribution in [3.8, 4) is 5.69 Å². The van der Waals surface area contributed by atoms with Crippen molar-refractivity contribution in [2.75, 3.05) is 0 Å². The van der Waals surface area contributed by atoms with Crippen molar-refractivity contribution >= 4 is 17.3 Å². The van der Waals surface area contributed by atoms with Crippen molar-refractivity contribution in [3.63, 3.8) is 0 Å². The first-order chi connectivity index (χ1) is 11.6. The van der Waals surface area contributed by atoms with Crippen molar-refractivity contribution in [3.05, 3.63) is 76.2 Å². The Morgan fingerprint density at radius 3 is 2.27 bits per heavy atom. The average Bonchev–Trinajstić information content (AvgIpc) is 2.92. The molecule has 0 spiro atoms. The molecule has 0 fully saturated rings. The zero-order chi connectivity index (χ0) is 17.1. The van der Waals surface area contributed by atoms with Gasteiger partial charge in [-0.05, 0) is 24.7 Å². The van der Waals surface area contributed by atoms with E-state index in [0.717, 1.165) is 10.2 Å². The second-order valence-corrected chi connectivity index (χ2v) is 5.06. The third-order valence-electron chi connectivity index (χ3n) is 3.33. The quantitative estimate of drug-likeness (QED) is 0.290. The topological polar surface area (TPSA) is 103 Å². The van der Waals surface area contributed by atoms with Crippen molar-refractivity contribution < 1.29 is 69.0 Å². The van der Waals surface area contributed by atoms with Gasteiger partial charge in [0, 0.05) is 0 Å². The van der Waals surface area contributed by atoms with E-state index in [4.69, 9.17) is 0 Å². The van der Waals surface area contributed by atoms with Gasteiger partial charge in [0.2, 0.25) is 0 Å². The molecule has 0 aliphatic heterocycles. The molecule has 0 radical (unpaired) electrons. The summed E-state index contributed by atoms with van der Waals surface area (Å²) in [5.41, 5.74) is 0.641. The summed E-state index contributed by atoms with van der Waals surface area (Å²) in [6.45, 7) is 1.93. The van der Waals surface area contributed by atoms with Gasteiger partial charge in [0.15, 0.2) is 5.69 Å². The van der Waals surface area contributed by atoms with Crippen LogP contribution in [-0.4, -0.2) is 15.7 Å². The third-order valence-corrected chi connectivity index (χ3v) is 3.33. The molecule has 2 aromatic carbocycles. The molecule has 9 heteroatoms. The first kappa shape index (κ1) is 22.6.